The molecule has 2 aromatic rings. The minimum absolute atomic E-state index is 0.206. The van der Waals surface area contributed by atoms with E-state index in [1.807, 2.05) is 6.20 Å². The molecule has 1 aromatic carbocycles. The van der Waals surface area contributed by atoms with Gasteiger partial charge in [-0.05, 0) is 56.1 Å². The molecular formula is C15H20N2O4. The van der Waals surface area contributed by atoms with Gasteiger partial charge < -0.3 is 29.9 Å². The molecule has 114 valence electrons. The predicted octanol–water partition coefficient (Wildman–Crippen LogP) is 0.773. The largest absolute Gasteiger partial charge is 0.453 e. The highest BCUT2D eigenvalue weighted by Gasteiger charge is 2.21. The van der Waals surface area contributed by atoms with E-state index in [0.29, 0.717) is 0 Å². The summed E-state index contributed by atoms with van der Waals surface area (Å²) in [7, 11) is 0. The summed E-state index contributed by atoms with van der Waals surface area (Å²) in [4.78, 5) is 5.64. The number of aromatic nitrogens is 1. The molecule has 0 aliphatic carbocycles. The van der Waals surface area contributed by atoms with Crippen molar-refractivity contribution < 1.29 is 20.1 Å². The highest BCUT2D eigenvalue weighted by atomic mass is 16.9. The Kier molecular flexibility index (Phi) is 3.86. The zero-order valence-corrected chi connectivity index (χ0v) is 11.7. The standard InChI is InChI=1S/C15H20N2O4/c18-15(19,20)21-12-3-4-14-13(9-12)11(10-16-14)5-8-17-6-1-2-7-17/h3-4,9-10,16,18-20H,1-2,5-8H2. The van der Waals surface area contributed by atoms with Crippen LogP contribution in [0.3, 0.4) is 0 Å². The van der Waals surface area contributed by atoms with Gasteiger partial charge in [-0.25, -0.2) is 0 Å². The summed E-state index contributed by atoms with van der Waals surface area (Å²) >= 11 is 0. The van der Waals surface area contributed by atoms with E-state index in [4.69, 9.17) is 15.3 Å². The third kappa shape index (κ3) is 3.54. The maximum absolute atomic E-state index is 8.88. The van der Waals surface area contributed by atoms with Gasteiger partial charge in [0.1, 0.15) is 5.75 Å². The molecule has 0 bridgehead atoms. The van der Waals surface area contributed by atoms with E-state index in [0.717, 1.165) is 29.4 Å². The van der Waals surface area contributed by atoms with Crippen LogP contribution in [0.25, 0.3) is 10.9 Å². The van der Waals surface area contributed by atoms with Crippen molar-refractivity contribution in [1.29, 1.82) is 0 Å². The maximum atomic E-state index is 8.88. The van der Waals surface area contributed by atoms with Crippen molar-refractivity contribution in [3.05, 3.63) is 30.0 Å². The zero-order chi connectivity index (χ0) is 14.9. The lowest BCUT2D eigenvalue weighted by Crippen LogP contribution is -2.34. The topological polar surface area (TPSA) is 89.0 Å². The fourth-order valence-corrected chi connectivity index (χ4v) is 2.87. The predicted molar refractivity (Wildman–Crippen MR) is 77.7 cm³/mol. The Hall–Kier alpha value is -1.60. The number of likely N-dealkylation sites (tertiary alicyclic amines) is 1. The van der Waals surface area contributed by atoms with Crippen molar-refractivity contribution in [2.45, 2.75) is 25.4 Å². The second kappa shape index (κ2) is 5.65. The van der Waals surface area contributed by atoms with E-state index in [1.165, 1.54) is 25.9 Å². The van der Waals surface area contributed by atoms with Crippen LogP contribution in [0.2, 0.25) is 0 Å². The van der Waals surface area contributed by atoms with Crippen LogP contribution in [0, 0.1) is 0 Å². The molecule has 21 heavy (non-hydrogen) atoms. The molecule has 0 spiro atoms. The zero-order valence-electron chi connectivity index (χ0n) is 11.7. The van der Waals surface area contributed by atoms with Crippen molar-refractivity contribution in [2.75, 3.05) is 19.6 Å². The number of rotatable bonds is 5. The van der Waals surface area contributed by atoms with Gasteiger partial charge >= 0.3 is 6.16 Å². The molecule has 6 heteroatoms. The average Bonchev–Trinajstić information content (AvgIpc) is 3.03. The van der Waals surface area contributed by atoms with Gasteiger partial charge in [-0.2, -0.15) is 0 Å². The Morgan fingerprint density at radius 3 is 2.67 bits per heavy atom. The molecule has 1 aromatic heterocycles. The first-order valence-corrected chi connectivity index (χ1v) is 7.20. The van der Waals surface area contributed by atoms with Crippen LogP contribution in [0.4, 0.5) is 0 Å². The van der Waals surface area contributed by atoms with Crippen LogP contribution >= 0.6 is 0 Å². The Balaban J connectivity index is 1.76. The smallest absolute Gasteiger partial charge is 0.417 e. The Morgan fingerprint density at radius 2 is 1.95 bits per heavy atom. The van der Waals surface area contributed by atoms with Crippen molar-refractivity contribution in [3.63, 3.8) is 0 Å². The molecule has 3 rings (SSSR count). The first-order chi connectivity index (χ1) is 10.0. The van der Waals surface area contributed by atoms with Gasteiger partial charge in [-0.15, -0.1) is 0 Å². The molecule has 0 saturated carbocycles. The van der Waals surface area contributed by atoms with Crippen LogP contribution in [0.1, 0.15) is 18.4 Å². The molecule has 6 nitrogen and oxygen atoms in total. The fourth-order valence-electron chi connectivity index (χ4n) is 2.87. The van der Waals surface area contributed by atoms with Gasteiger partial charge in [-0.1, -0.05) is 0 Å². The fraction of sp³-hybridized carbons (Fsp3) is 0.467. The SMILES string of the molecule is OC(O)(O)Oc1ccc2[nH]cc(CCN3CCCC3)c2c1. The van der Waals surface area contributed by atoms with Gasteiger partial charge in [0.2, 0.25) is 0 Å². The van der Waals surface area contributed by atoms with Crippen molar-refractivity contribution in [2.24, 2.45) is 0 Å². The number of fused-ring (bicyclic) bond motifs is 1. The molecule has 1 aliphatic rings. The summed E-state index contributed by atoms with van der Waals surface area (Å²) in [5.41, 5.74) is 2.11. The quantitative estimate of drug-likeness (QED) is 0.611. The lowest BCUT2D eigenvalue weighted by Gasteiger charge is -2.16. The highest BCUT2D eigenvalue weighted by molar-refractivity contribution is 5.84. The number of aromatic amines is 1. The van der Waals surface area contributed by atoms with Gasteiger partial charge in [0.05, 0.1) is 0 Å². The lowest BCUT2D eigenvalue weighted by atomic mass is 10.1. The summed E-state index contributed by atoms with van der Waals surface area (Å²) in [6.45, 7) is 3.35. The molecule has 4 N–H and O–H groups in total. The summed E-state index contributed by atoms with van der Waals surface area (Å²) in [6, 6.07) is 5.05. The number of H-pyrrole nitrogens is 1. The molecule has 0 radical (unpaired) electrons. The summed E-state index contributed by atoms with van der Waals surface area (Å²) in [5.74, 6) is 0.206. The molecule has 0 atom stereocenters. The summed E-state index contributed by atoms with van der Waals surface area (Å²) in [6.07, 6.45) is 2.29. The van der Waals surface area contributed by atoms with Crippen LogP contribution in [0.15, 0.2) is 24.4 Å². The number of nitrogens with one attached hydrogen (secondary N) is 1. The van der Waals surface area contributed by atoms with Crippen molar-refractivity contribution >= 4 is 10.9 Å². The van der Waals surface area contributed by atoms with Crippen molar-refractivity contribution in [1.82, 2.24) is 9.88 Å². The van der Waals surface area contributed by atoms with E-state index in [1.54, 1.807) is 18.2 Å². The van der Waals surface area contributed by atoms with Crippen LogP contribution in [0.5, 0.6) is 5.75 Å². The van der Waals surface area contributed by atoms with E-state index < -0.39 is 6.16 Å². The summed E-state index contributed by atoms with van der Waals surface area (Å²) in [5, 5.41) is 27.6. The lowest BCUT2D eigenvalue weighted by molar-refractivity contribution is -0.419. The monoisotopic (exact) mass is 292 g/mol. The number of benzene rings is 1. The Labute approximate surface area is 122 Å². The molecule has 2 heterocycles. The minimum Gasteiger partial charge on any atom is -0.417 e. The molecular weight excluding hydrogens is 272 g/mol. The molecule has 1 saturated heterocycles. The maximum Gasteiger partial charge on any atom is 0.453 e. The molecule has 1 aliphatic heterocycles. The molecule has 1 fully saturated rings. The Morgan fingerprint density at radius 1 is 1.19 bits per heavy atom. The summed E-state index contributed by atoms with van der Waals surface area (Å²) < 4.78 is 4.65. The van der Waals surface area contributed by atoms with Gasteiger partial charge in [-0.3, -0.25) is 0 Å². The van der Waals surface area contributed by atoms with Gasteiger partial charge in [0.25, 0.3) is 0 Å². The number of aliphatic hydroxyl groups is 3. The molecule has 0 amide bonds. The third-order valence-electron chi connectivity index (χ3n) is 3.89. The first kappa shape index (κ1) is 14.3. The van der Waals surface area contributed by atoms with E-state index in [9.17, 15) is 0 Å². The van der Waals surface area contributed by atoms with Gasteiger partial charge in [0, 0.05) is 23.6 Å². The van der Waals surface area contributed by atoms with E-state index in [2.05, 4.69) is 14.6 Å². The van der Waals surface area contributed by atoms with Crippen molar-refractivity contribution in [3.8, 4) is 5.75 Å². The van der Waals surface area contributed by atoms with Crippen LogP contribution in [-0.4, -0.2) is 51.0 Å². The Bertz CT molecular complexity index is 612. The van der Waals surface area contributed by atoms with Crippen LogP contribution < -0.4 is 4.74 Å². The van der Waals surface area contributed by atoms with E-state index >= 15 is 0 Å². The van der Waals surface area contributed by atoms with Crippen LogP contribution in [-0.2, 0) is 6.42 Å². The first-order valence-electron chi connectivity index (χ1n) is 7.20. The third-order valence-corrected chi connectivity index (χ3v) is 3.89. The average molecular weight is 292 g/mol. The normalized spacial score (nSPS) is 16.7. The van der Waals surface area contributed by atoms with Gasteiger partial charge in [0.15, 0.2) is 0 Å². The molecule has 0 unspecified atom stereocenters. The highest BCUT2D eigenvalue weighted by Crippen LogP contribution is 2.25. The second-order valence-electron chi connectivity index (χ2n) is 5.50. The number of hydrogen-bond acceptors (Lipinski definition) is 5. The number of nitrogens with zero attached hydrogens (tertiary/aromatic N) is 1. The number of hydrogen-bond donors (Lipinski definition) is 4. The minimum atomic E-state index is -3.15. The number of ether oxygens (including phenoxy) is 1. The van der Waals surface area contributed by atoms with E-state index in [-0.39, 0.29) is 5.75 Å². The second-order valence-corrected chi connectivity index (χ2v) is 5.50.